The van der Waals surface area contributed by atoms with Crippen molar-refractivity contribution in [3.63, 3.8) is 0 Å². The molecule has 1 saturated heterocycles. The Hall–Kier alpha value is -1.02. The zero-order valence-electron chi connectivity index (χ0n) is 11.5. The lowest BCUT2D eigenvalue weighted by Gasteiger charge is -2.35. The molecule has 1 aliphatic heterocycles. The standard InChI is InChI=1S/C17H20BrN/c1-11(18)9-16-12(2)19-14-8-7-13-5-3-4-6-15(13)17(16)10-14/h3-8,11-12,16,19H,9-10H2,1-2H3. The first kappa shape index (κ1) is 13.0. The maximum Gasteiger partial charge on any atom is 0.0296 e. The topological polar surface area (TPSA) is 12.0 Å². The summed E-state index contributed by atoms with van der Waals surface area (Å²) >= 11 is 3.72. The fraction of sp³-hybridized carbons (Fsp3) is 0.412. The molecular weight excluding hydrogens is 298 g/mol. The summed E-state index contributed by atoms with van der Waals surface area (Å²) in [7, 11) is 0. The van der Waals surface area contributed by atoms with E-state index in [0.29, 0.717) is 16.8 Å². The van der Waals surface area contributed by atoms with Gasteiger partial charge >= 0.3 is 0 Å². The Balaban J connectivity index is 2.19. The van der Waals surface area contributed by atoms with Crippen molar-refractivity contribution in [1.82, 2.24) is 5.32 Å². The van der Waals surface area contributed by atoms with Gasteiger partial charge in [0.05, 0.1) is 0 Å². The molecule has 3 atom stereocenters. The lowest BCUT2D eigenvalue weighted by molar-refractivity contribution is 0.422. The van der Waals surface area contributed by atoms with Crippen LogP contribution >= 0.6 is 15.9 Å². The number of rotatable bonds is 2. The summed E-state index contributed by atoms with van der Waals surface area (Å²) in [5, 5.41) is 6.47. The average Bonchev–Trinajstić information content (AvgIpc) is 2.53. The second kappa shape index (κ2) is 5.16. The first-order valence-corrected chi connectivity index (χ1v) is 7.96. The summed E-state index contributed by atoms with van der Waals surface area (Å²) in [6, 6.07) is 9.30. The van der Waals surface area contributed by atoms with Crippen LogP contribution in [0.4, 0.5) is 0 Å². The molecule has 1 N–H and O–H groups in total. The molecule has 0 aromatic heterocycles. The van der Waals surface area contributed by atoms with Gasteiger partial charge < -0.3 is 5.32 Å². The molecular formula is C17H20BrN. The Kier molecular flexibility index (Phi) is 3.53. The molecule has 2 bridgehead atoms. The van der Waals surface area contributed by atoms with Crippen LogP contribution in [0, 0.1) is 5.92 Å². The first-order valence-electron chi connectivity index (χ1n) is 7.05. The molecule has 0 saturated carbocycles. The van der Waals surface area contributed by atoms with Gasteiger partial charge in [0, 0.05) is 28.9 Å². The third-order valence-corrected chi connectivity index (χ3v) is 4.57. The van der Waals surface area contributed by atoms with Crippen molar-refractivity contribution in [2.75, 3.05) is 0 Å². The van der Waals surface area contributed by atoms with Gasteiger partial charge in [-0.25, -0.2) is 0 Å². The fourth-order valence-electron chi connectivity index (χ4n) is 3.31. The van der Waals surface area contributed by atoms with E-state index in [1.165, 1.54) is 22.6 Å². The van der Waals surface area contributed by atoms with E-state index in [0.717, 1.165) is 6.42 Å². The zero-order valence-corrected chi connectivity index (χ0v) is 13.1. The highest BCUT2D eigenvalue weighted by Crippen LogP contribution is 2.33. The Morgan fingerprint density at radius 2 is 2.11 bits per heavy atom. The quantitative estimate of drug-likeness (QED) is 0.827. The van der Waals surface area contributed by atoms with E-state index in [2.05, 4.69) is 71.5 Å². The Morgan fingerprint density at radius 1 is 1.32 bits per heavy atom. The van der Waals surface area contributed by atoms with Crippen LogP contribution in [0.2, 0.25) is 0 Å². The molecule has 3 rings (SSSR count). The maximum absolute atomic E-state index is 3.72. The molecule has 0 spiro atoms. The molecule has 0 radical (unpaired) electrons. The van der Waals surface area contributed by atoms with E-state index in [1.807, 2.05) is 0 Å². The third-order valence-electron chi connectivity index (χ3n) is 4.19. The number of nitrogens with one attached hydrogen (secondary N) is 1. The third kappa shape index (κ3) is 2.51. The predicted octanol–water partition coefficient (Wildman–Crippen LogP) is 2.69. The van der Waals surface area contributed by atoms with Gasteiger partial charge in [-0.15, -0.1) is 0 Å². The molecule has 19 heavy (non-hydrogen) atoms. The van der Waals surface area contributed by atoms with Gasteiger partial charge in [-0.05, 0) is 29.9 Å². The Morgan fingerprint density at radius 3 is 2.89 bits per heavy atom. The van der Waals surface area contributed by atoms with Crippen LogP contribution in [0.15, 0.2) is 36.0 Å². The number of halogens is 1. The van der Waals surface area contributed by atoms with Crippen molar-refractivity contribution in [2.45, 2.75) is 37.6 Å². The Labute approximate surface area is 123 Å². The highest BCUT2D eigenvalue weighted by molar-refractivity contribution is 9.09. The largest absolute Gasteiger partial charge is 0.385 e. The molecule has 2 aliphatic rings. The molecule has 1 aromatic rings. The van der Waals surface area contributed by atoms with Crippen LogP contribution in [0.5, 0.6) is 0 Å². The number of fused-ring (bicyclic) bond motifs is 3. The molecule has 100 valence electrons. The lowest BCUT2D eigenvalue weighted by atomic mass is 9.81. The number of benzene rings is 1. The highest BCUT2D eigenvalue weighted by atomic mass is 79.9. The zero-order chi connectivity index (χ0) is 13.4. The van der Waals surface area contributed by atoms with E-state index in [4.69, 9.17) is 0 Å². The number of piperidine rings is 1. The predicted molar refractivity (Wildman–Crippen MR) is 85.4 cm³/mol. The number of hydrogen-bond donors (Lipinski definition) is 1. The smallest absolute Gasteiger partial charge is 0.0296 e. The summed E-state index contributed by atoms with van der Waals surface area (Å²) in [6.07, 6.45) is 6.75. The van der Waals surface area contributed by atoms with Crippen LogP contribution in [0.25, 0.3) is 11.6 Å². The fourth-order valence-corrected chi connectivity index (χ4v) is 3.71. The molecule has 1 heterocycles. The number of alkyl halides is 1. The van der Waals surface area contributed by atoms with Gasteiger partial charge in [0.2, 0.25) is 0 Å². The molecule has 0 amide bonds. The van der Waals surface area contributed by atoms with Crippen LogP contribution in [0.3, 0.4) is 0 Å². The number of allylic oxidation sites excluding steroid dienone is 2. The van der Waals surface area contributed by atoms with Crippen molar-refractivity contribution in [2.24, 2.45) is 5.92 Å². The van der Waals surface area contributed by atoms with E-state index in [9.17, 15) is 0 Å². The van der Waals surface area contributed by atoms with Gasteiger partial charge in [0.1, 0.15) is 0 Å². The van der Waals surface area contributed by atoms with Crippen LogP contribution in [0.1, 0.15) is 26.7 Å². The summed E-state index contributed by atoms with van der Waals surface area (Å²) in [6.45, 7) is 4.55. The van der Waals surface area contributed by atoms with E-state index < -0.39 is 0 Å². The molecule has 1 nitrogen and oxygen atoms in total. The van der Waals surface area contributed by atoms with Crippen molar-refractivity contribution in [3.05, 3.63) is 46.5 Å². The minimum atomic E-state index is 0.509. The van der Waals surface area contributed by atoms with Crippen LogP contribution in [-0.4, -0.2) is 10.9 Å². The van der Waals surface area contributed by atoms with E-state index >= 15 is 0 Å². The van der Waals surface area contributed by atoms with Gasteiger partial charge in [0.15, 0.2) is 0 Å². The highest BCUT2D eigenvalue weighted by Gasteiger charge is 2.29. The van der Waals surface area contributed by atoms with Crippen LogP contribution < -0.4 is 15.8 Å². The van der Waals surface area contributed by atoms with Crippen LogP contribution in [-0.2, 0) is 0 Å². The van der Waals surface area contributed by atoms with Crippen molar-refractivity contribution in [1.29, 1.82) is 0 Å². The lowest BCUT2D eigenvalue weighted by Crippen LogP contribution is -2.42. The van der Waals surface area contributed by atoms with Crippen molar-refractivity contribution < 1.29 is 0 Å². The van der Waals surface area contributed by atoms with E-state index in [1.54, 1.807) is 5.57 Å². The molecule has 1 fully saturated rings. The summed E-state index contributed by atoms with van der Waals surface area (Å²) < 4.78 is 0. The second-order valence-corrected chi connectivity index (χ2v) is 7.27. The van der Waals surface area contributed by atoms with E-state index in [-0.39, 0.29) is 0 Å². The van der Waals surface area contributed by atoms with Gasteiger partial charge in [-0.2, -0.15) is 0 Å². The van der Waals surface area contributed by atoms with Gasteiger partial charge in [-0.1, -0.05) is 58.8 Å². The van der Waals surface area contributed by atoms with Gasteiger partial charge in [-0.3, -0.25) is 0 Å². The molecule has 2 heteroatoms. The number of hydrogen-bond acceptors (Lipinski definition) is 1. The Bertz CT molecular complexity index is 627. The minimum absolute atomic E-state index is 0.509. The molecule has 3 unspecified atom stereocenters. The molecule has 1 aromatic carbocycles. The van der Waals surface area contributed by atoms with Crippen molar-refractivity contribution in [3.8, 4) is 0 Å². The monoisotopic (exact) mass is 317 g/mol. The molecule has 1 aliphatic carbocycles. The minimum Gasteiger partial charge on any atom is -0.385 e. The first-order chi connectivity index (χ1) is 9.15. The second-order valence-electron chi connectivity index (χ2n) is 5.70. The normalized spacial score (nSPS) is 26.5. The SMILES string of the molecule is CC(Br)CC1C2=c3ccccc3=CC=C(C2)NC1C. The van der Waals surface area contributed by atoms with Gasteiger partial charge in [0.25, 0.3) is 0 Å². The summed E-state index contributed by atoms with van der Waals surface area (Å²) in [5.74, 6) is 0.610. The summed E-state index contributed by atoms with van der Waals surface area (Å²) in [5.41, 5.74) is 2.96. The summed E-state index contributed by atoms with van der Waals surface area (Å²) in [4.78, 5) is 0.555. The van der Waals surface area contributed by atoms with Crippen molar-refractivity contribution >= 4 is 27.6 Å². The maximum atomic E-state index is 3.72. The average molecular weight is 318 g/mol.